The van der Waals surface area contributed by atoms with Crippen molar-refractivity contribution in [2.75, 3.05) is 25.0 Å². The monoisotopic (exact) mass is 340 g/mol. The summed E-state index contributed by atoms with van der Waals surface area (Å²) in [5.41, 5.74) is -0.167. The number of rotatable bonds is 4. The van der Waals surface area contributed by atoms with Crippen molar-refractivity contribution in [3.8, 4) is 0 Å². The third-order valence-electron chi connectivity index (χ3n) is 3.89. The Labute approximate surface area is 138 Å². The number of hydrogen-bond donors (Lipinski definition) is 2. The summed E-state index contributed by atoms with van der Waals surface area (Å²) in [5, 5.41) is 12.5. The predicted molar refractivity (Wildman–Crippen MR) is 86.0 cm³/mol. The number of carbonyl (C=O) groups excluding carboxylic acids is 2. The molecule has 0 saturated carbocycles. The van der Waals surface area contributed by atoms with Crippen LogP contribution in [-0.4, -0.2) is 47.7 Å². The predicted octanol–water partition coefficient (Wildman–Crippen LogP) is 2.56. The molecule has 0 radical (unpaired) electrons. The van der Waals surface area contributed by atoms with Crippen LogP contribution in [0.1, 0.15) is 35.5 Å². The standard InChI is InChI=1S/C15H20N2O5S/c1-4-22-12(18)11-9(2)7-10(23-11)16-14(21)17-6-5-15(3,8-17)13(19)20/h7H,4-6,8H2,1-3H3,(H,16,21)(H,19,20). The fourth-order valence-electron chi connectivity index (χ4n) is 2.44. The first-order valence-corrected chi connectivity index (χ1v) is 8.15. The summed E-state index contributed by atoms with van der Waals surface area (Å²) in [7, 11) is 0. The van der Waals surface area contributed by atoms with E-state index in [1.54, 1.807) is 26.8 Å². The Morgan fingerprint density at radius 3 is 2.74 bits per heavy atom. The van der Waals surface area contributed by atoms with E-state index in [-0.39, 0.29) is 12.6 Å². The number of nitrogens with one attached hydrogen (secondary N) is 1. The number of amides is 2. The second kappa shape index (κ2) is 6.57. The molecule has 2 heterocycles. The van der Waals surface area contributed by atoms with E-state index in [1.807, 2.05) is 0 Å². The zero-order chi connectivity index (χ0) is 17.2. The third-order valence-corrected chi connectivity index (χ3v) is 5.02. The van der Waals surface area contributed by atoms with Gasteiger partial charge in [0.25, 0.3) is 0 Å². The fourth-order valence-corrected chi connectivity index (χ4v) is 3.39. The smallest absolute Gasteiger partial charge is 0.348 e. The third kappa shape index (κ3) is 3.64. The lowest BCUT2D eigenvalue weighted by Crippen LogP contribution is -2.37. The second-order valence-corrected chi connectivity index (χ2v) is 6.86. The summed E-state index contributed by atoms with van der Waals surface area (Å²) in [6.45, 7) is 6.00. The van der Waals surface area contributed by atoms with E-state index in [1.165, 1.54) is 4.90 Å². The lowest BCUT2D eigenvalue weighted by Gasteiger charge is -2.20. The molecule has 126 valence electrons. The average molecular weight is 340 g/mol. The van der Waals surface area contributed by atoms with Crippen molar-refractivity contribution in [3.63, 3.8) is 0 Å². The van der Waals surface area contributed by atoms with Gasteiger partial charge in [-0.3, -0.25) is 10.1 Å². The summed E-state index contributed by atoms with van der Waals surface area (Å²) in [4.78, 5) is 37.2. The number of hydrogen-bond acceptors (Lipinski definition) is 5. The molecule has 1 unspecified atom stereocenters. The first-order chi connectivity index (χ1) is 10.8. The number of carboxylic acid groups (broad SMARTS) is 1. The molecule has 1 saturated heterocycles. The van der Waals surface area contributed by atoms with Gasteiger partial charge in [-0.2, -0.15) is 0 Å². The molecule has 0 spiro atoms. The molecule has 0 aliphatic carbocycles. The molecule has 2 rings (SSSR count). The van der Waals surface area contributed by atoms with Gasteiger partial charge in [0.1, 0.15) is 4.88 Å². The maximum atomic E-state index is 12.3. The van der Waals surface area contributed by atoms with Crippen molar-refractivity contribution in [2.45, 2.75) is 27.2 Å². The number of urea groups is 1. The molecule has 1 atom stereocenters. The van der Waals surface area contributed by atoms with Gasteiger partial charge in [-0.1, -0.05) is 0 Å². The minimum atomic E-state index is -0.904. The number of aryl methyl sites for hydroxylation is 1. The highest BCUT2D eigenvalue weighted by atomic mass is 32.1. The number of nitrogens with zero attached hydrogens (tertiary/aromatic N) is 1. The zero-order valence-electron chi connectivity index (χ0n) is 13.3. The van der Waals surface area contributed by atoms with E-state index in [4.69, 9.17) is 4.74 Å². The van der Waals surface area contributed by atoms with Crippen molar-refractivity contribution < 1.29 is 24.2 Å². The number of carbonyl (C=O) groups is 3. The highest BCUT2D eigenvalue weighted by Gasteiger charge is 2.42. The SMILES string of the molecule is CCOC(=O)c1sc(NC(=O)N2CCC(C)(C(=O)O)C2)cc1C. The number of aliphatic carboxylic acids is 1. The van der Waals surface area contributed by atoms with Crippen LogP contribution in [0.5, 0.6) is 0 Å². The normalized spacial score (nSPS) is 20.4. The highest BCUT2D eigenvalue weighted by molar-refractivity contribution is 7.18. The molecule has 1 fully saturated rings. The van der Waals surface area contributed by atoms with Crippen LogP contribution in [0.15, 0.2) is 6.07 Å². The van der Waals surface area contributed by atoms with Crippen LogP contribution < -0.4 is 5.32 Å². The Bertz CT molecular complexity index is 642. The molecule has 1 aliphatic rings. The summed E-state index contributed by atoms with van der Waals surface area (Å²) in [6, 6.07) is 1.35. The van der Waals surface area contributed by atoms with E-state index in [0.717, 1.165) is 16.9 Å². The van der Waals surface area contributed by atoms with E-state index in [9.17, 15) is 19.5 Å². The molecule has 0 aromatic carbocycles. The Kier molecular flexibility index (Phi) is 4.93. The minimum Gasteiger partial charge on any atom is -0.481 e. The van der Waals surface area contributed by atoms with Crippen molar-refractivity contribution in [1.29, 1.82) is 0 Å². The quantitative estimate of drug-likeness (QED) is 0.821. The summed E-state index contributed by atoms with van der Waals surface area (Å²) < 4.78 is 4.96. The van der Waals surface area contributed by atoms with Crippen molar-refractivity contribution in [2.24, 2.45) is 5.41 Å². The number of anilines is 1. The second-order valence-electron chi connectivity index (χ2n) is 5.81. The summed E-state index contributed by atoms with van der Waals surface area (Å²) >= 11 is 1.15. The van der Waals surface area contributed by atoms with Crippen LogP contribution in [0.25, 0.3) is 0 Å². The summed E-state index contributed by atoms with van der Waals surface area (Å²) in [5.74, 6) is -1.31. The van der Waals surface area contributed by atoms with Gasteiger partial charge in [0.2, 0.25) is 0 Å². The van der Waals surface area contributed by atoms with Crippen LogP contribution in [0.4, 0.5) is 9.80 Å². The Balaban J connectivity index is 2.03. The first-order valence-electron chi connectivity index (χ1n) is 7.33. The zero-order valence-corrected chi connectivity index (χ0v) is 14.2. The van der Waals surface area contributed by atoms with Crippen LogP contribution in [-0.2, 0) is 9.53 Å². The number of esters is 1. The van der Waals surface area contributed by atoms with E-state index in [2.05, 4.69) is 5.32 Å². The Hall–Kier alpha value is -2.09. The maximum Gasteiger partial charge on any atom is 0.348 e. The van der Waals surface area contributed by atoms with Crippen LogP contribution in [0.3, 0.4) is 0 Å². The molecule has 2 amide bonds. The summed E-state index contributed by atoms with van der Waals surface area (Å²) in [6.07, 6.45) is 0.424. The molecule has 2 N–H and O–H groups in total. The van der Waals surface area contributed by atoms with E-state index >= 15 is 0 Å². The molecule has 0 bridgehead atoms. The molecular formula is C15H20N2O5S. The molecule has 8 heteroatoms. The molecule has 1 aromatic rings. The molecule has 7 nitrogen and oxygen atoms in total. The number of thiophene rings is 1. The number of ether oxygens (including phenoxy) is 1. The molecule has 1 aromatic heterocycles. The Morgan fingerprint density at radius 2 is 2.17 bits per heavy atom. The van der Waals surface area contributed by atoms with E-state index in [0.29, 0.717) is 29.5 Å². The number of likely N-dealkylation sites (tertiary alicyclic amines) is 1. The van der Waals surface area contributed by atoms with Crippen LogP contribution >= 0.6 is 11.3 Å². The fraction of sp³-hybridized carbons (Fsp3) is 0.533. The topological polar surface area (TPSA) is 95.9 Å². The van der Waals surface area contributed by atoms with Gasteiger partial charge in [0.15, 0.2) is 0 Å². The van der Waals surface area contributed by atoms with Crippen molar-refractivity contribution in [3.05, 3.63) is 16.5 Å². The van der Waals surface area contributed by atoms with Crippen LogP contribution in [0.2, 0.25) is 0 Å². The first kappa shape index (κ1) is 17.3. The van der Waals surface area contributed by atoms with Crippen LogP contribution in [0, 0.1) is 12.3 Å². The van der Waals surface area contributed by atoms with E-state index < -0.39 is 17.4 Å². The number of carboxylic acids is 1. The Morgan fingerprint density at radius 1 is 1.48 bits per heavy atom. The van der Waals surface area contributed by atoms with Gasteiger partial charge in [-0.25, -0.2) is 9.59 Å². The van der Waals surface area contributed by atoms with Gasteiger partial charge in [0, 0.05) is 13.1 Å². The average Bonchev–Trinajstić information content (AvgIpc) is 3.04. The minimum absolute atomic E-state index is 0.170. The van der Waals surface area contributed by atoms with Crippen molar-refractivity contribution >= 4 is 34.3 Å². The maximum absolute atomic E-state index is 12.3. The van der Waals surface area contributed by atoms with Gasteiger partial charge >= 0.3 is 18.0 Å². The lowest BCUT2D eigenvalue weighted by molar-refractivity contribution is -0.146. The highest BCUT2D eigenvalue weighted by Crippen LogP contribution is 2.32. The lowest BCUT2D eigenvalue weighted by atomic mass is 9.90. The largest absolute Gasteiger partial charge is 0.481 e. The molecule has 1 aliphatic heterocycles. The van der Waals surface area contributed by atoms with Gasteiger partial charge < -0.3 is 14.7 Å². The van der Waals surface area contributed by atoms with Gasteiger partial charge in [-0.05, 0) is 38.8 Å². The molecule has 23 heavy (non-hydrogen) atoms. The van der Waals surface area contributed by atoms with Crippen molar-refractivity contribution in [1.82, 2.24) is 4.90 Å². The van der Waals surface area contributed by atoms with Gasteiger partial charge in [-0.15, -0.1) is 11.3 Å². The molecular weight excluding hydrogens is 320 g/mol. The van der Waals surface area contributed by atoms with Gasteiger partial charge in [0.05, 0.1) is 17.0 Å².